The highest BCUT2D eigenvalue weighted by Crippen LogP contribution is 2.24. The highest BCUT2D eigenvalue weighted by atomic mass is 16.6. The van der Waals surface area contributed by atoms with Crippen molar-refractivity contribution in [2.24, 2.45) is 0 Å². The monoisotopic (exact) mass is 446 g/mol. The fourth-order valence-electron chi connectivity index (χ4n) is 3.37. The second-order valence-electron chi connectivity index (χ2n) is 7.84. The Hall–Kier alpha value is -4.04. The molecule has 8 heteroatoms. The molecule has 0 bridgehead atoms. The van der Waals surface area contributed by atoms with Crippen LogP contribution in [0.5, 0.6) is 0 Å². The van der Waals surface area contributed by atoms with Crippen molar-refractivity contribution in [1.82, 2.24) is 4.90 Å². The Morgan fingerprint density at radius 3 is 2.36 bits per heavy atom. The normalized spacial score (nSPS) is 11.6. The third-order valence-corrected chi connectivity index (χ3v) is 5.41. The lowest BCUT2D eigenvalue weighted by atomic mass is 10.1. The first kappa shape index (κ1) is 23.6. The number of nitrogens with one attached hydrogen (secondary N) is 2. The van der Waals surface area contributed by atoms with Gasteiger partial charge >= 0.3 is 0 Å². The number of hydrogen-bond acceptors (Lipinski definition) is 5. The largest absolute Gasteiger partial charge is 0.325 e. The molecule has 0 aliphatic carbocycles. The van der Waals surface area contributed by atoms with E-state index in [1.54, 1.807) is 31.2 Å². The van der Waals surface area contributed by atoms with Crippen molar-refractivity contribution in [2.45, 2.75) is 19.9 Å². The molecule has 0 radical (unpaired) electrons. The van der Waals surface area contributed by atoms with Crippen LogP contribution in [-0.4, -0.2) is 35.2 Å². The van der Waals surface area contributed by atoms with Gasteiger partial charge in [0.15, 0.2) is 0 Å². The quantitative estimate of drug-likeness (QED) is 0.382. The highest BCUT2D eigenvalue weighted by Gasteiger charge is 2.17. The molecule has 170 valence electrons. The van der Waals surface area contributed by atoms with Gasteiger partial charge in [0.05, 0.1) is 11.5 Å². The van der Waals surface area contributed by atoms with Gasteiger partial charge in [-0.2, -0.15) is 0 Å². The zero-order valence-electron chi connectivity index (χ0n) is 18.7. The van der Waals surface area contributed by atoms with Gasteiger partial charge in [0.25, 0.3) is 11.6 Å². The van der Waals surface area contributed by atoms with Crippen LogP contribution >= 0.6 is 0 Å². The average Bonchev–Trinajstić information content (AvgIpc) is 2.80. The number of rotatable bonds is 8. The van der Waals surface area contributed by atoms with E-state index < -0.39 is 4.92 Å². The lowest BCUT2D eigenvalue weighted by Crippen LogP contribution is -2.32. The topological polar surface area (TPSA) is 105 Å². The van der Waals surface area contributed by atoms with E-state index >= 15 is 0 Å². The number of hydrogen-bond donors (Lipinski definition) is 2. The molecule has 0 aliphatic rings. The summed E-state index contributed by atoms with van der Waals surface area (Å²) >= 11 is 0. The van der Waals surface area contributed by atoms with Gasteiger partial charge in [-0.25, -0.2) is 0 Å². The van der Waals surface area contributed by atoms with Crippen LogP contribution in [0.4, 0.5) is 17.1 Å². The van der Waals surface area contributed by atoms with Gasteiger partial charge in [-0.15, -0.1) is 0 Å². The number of nitro benzene ring substituents is 1. The van der Waals surface area contributed by atoms with Crippen LogP contribution in [0.15, 0.2) is 72.8 Å². The SMILES string of the molecule is Cc1ccc(NC(=O)CN(C)C(C)c2cccc(NC(=O)c3ccccc3)c2)cc1[N+](=O)[O-]. The molecule has 0 spiro atoms. The smallest absolute Gasteiger partial charge is 0.274 e. The Morgan fingerprint density at radius 2 is 1.67 bits per heavy atom. The maximum absolute atomic E-state index is 12.5. The van der Waals surface area contributed by atoms with Crippen molar-refractivity contribution >= 4 is 28.9 Å². The maximum Gasteiger partial charge on any atom is 0.274 e. The third kappa shape index (κ3) is 6.24. The molecule has 3 rings (SSSR count). The van der Waals surface area contributed by atoms with E-state index in [1.807, 2.05) is 61.3 Å². The zero-order chi connectivity index (χ0) is 24.0. The molecule has 0 aliphatic heterocycles. The molecule has 33 heavy (non-hydrogen) atoms. The molecule has 0 saturated heterocycles. The van der Waals surface area contributed by atoms with Crippen molar-refractivity contribution in [3.8, 4) is 0 Å². The van der Waals surface area contributed by atoms with Crippen molar-refractivity contribution in [3.05, 3.63) is 99.6 Å². The average molecular weight is 447 g/mol. The van der Waals surface area contributed by atoms with Gasteiger partial charge in [-0.05, 0) is 56.8 Å². The Bertz CT molecular complexity index is 1160. The minimum Gasteiger partial charge on any atom is -0.325 e. The lowest BCUT2D eigenvalue weighted by molar-refractivity contribution is -0.385. The van der Waals surface area contributed by atoms with Gasteiger partial charge in [-0.1, -0.05) is 36.4 Å². The molecule has 2 amide bonds. The first-order valence-corrected chi connectivity index (χ1v) is 10.5. The first-order chi connectivity index (χ1) is 15.7. The van der Waals surface area contributed by atoms with E-state index in [2.05, 4.69) is 10.6 Å². The zero-order valence-corrected chi connectivity index (χ0v) is 18.7. The molecular weight excluding hydrogens is 420 g/mol. The molecule has 1 atom stereocenters. The molecule has 1 unspecified atom stereocenters. The standard InChI is InChI=1S/C25H26N4O4/c1-17-12-13-22(15-23(17)29(32)33)26-24(30)16-28(3)18(2)20-10-7-11-21(14-20)27-25(31)19-8-5-4-6-9-19/h4-15,18H,16H2,1-3H3,(H,26,30)(H,27,31). The van der Waals surface area contributed by atoms with Crippen LogP contribution in [0.25, 0.3) is 0 Å². The predicted molar refractivity (Wildman–Crippen MR) is 128 cm³/mol. The molecule has 3 aromatic carbocycles. The number of benzene rings is 3. The molecule has 3 aromatic rings. The number of likely N-dealkylation sites (N-methyl/N-ethyl adjacent to an activating group) is 1. The summed E-state index contributed by atoms with van der Waals surface area (Å²) in [6.07, 6.45) is 0. The number of carbonyl (C=O) groups excluding carboxylic acids is 2. The Kier molecular flexibility index (Phi) is 7.53. The minimum atomic E-state index is -0.469. The fraction of sp³-hybridized carbons (Fsp3) is 0.200. The van der Waals surface area contributed by atoms with Crippen LogP contribution in [0.1, 0.15) is 34.5 Å². The summed E-state index contributed by atoms with van der Waals surface area (Å²) in [4.78, 5) is 37.4. The first-order valence-electron chi connectivity index (χ1n) is 10.5. The van der Waals surface area contributed by atoms with Gasteiger partial charge in [-0.3, -0.25) is 24.6 Å². The number of nitrogens with zero attached hydrogens (tertiary/aromatic N) is 2. The Balaban J connectivity index is 1.62. The van der Waals surface area contributed by atoms with Crippen molar-refractivity contribution in [2.75, 3.05) is 24.2 Å². The highest BCUT2D eigenvalue weighted by molar-refractivity contribution is 6.04. The number of amides is 2. The summed E-state index contributed by atoms with van der Waals surface area (Å²) in [7, 11) is 1.82. The summed E-state index contributed by atoms with van der Waals surface area (Å²) < 4.78 is 0. The molecule has 0 fully saturated rings. The van der Waals surface area contributed by atoms with E-state index in [-0.39, 0.29) is 30.1 Å². The van der Waals surface area contributed by atoms with Crippen LogP contribution in [0.2, 0.25) is 0 Å². The van der Waals surface area contributed by atoms with Gasteiger partial charge < -0.3 is 10.6 Å². The van der Waals surface area contributed by atoms with E-state index in [1.165, 1.54) is 6.07 Å². The van der Waals surface area contributed by atoms with Crippen LogP contribution in [-0.2, 0) is 4.79 Å². The number of anilines is 2. The Labute approximate surface area is 192 Å². The van der Waals surface area contributed by atoms with E-state index in [0.29, 0.717) is 22.5 Å². The van der Waals surface area contributed by atoms with Crippen LogP contribution < -0.4 is 10.6 Å². The van der Waals surface area contributed by atoms with Gasteiger partial charge in [0.1, 0.15) is 0 Å². The molecule has 0 saturated carbocycles. The Morgan fingerprint density at radius 1 is 0.970 bits per heavy atom. The van der Waals surface area contributed by atoms with Crippen molar-refractivity contribution in [1.29, 1.82) is 0 Å². The molecule has 8 nitrogen and oxygen atoms in total. The van der Waals surface area contributed by atoms with Crippen molar-refractivity contribution < 1.29 is 14.5 Å². The number of carbonyl (C=O) groups is 2. The van der Waals surface area contributed by atoms with Crippen LogP contribution in [0.3, 0.4) is 0 Å². The molecule has 0 heterocycles. The summed E-state index contributed by atoms with van der Waals surface area (Å²) in [5.74, 6) is -0.476. The maximum atomic E-state index is 12.5. The molecular formula is C25H26N4O4. The summed E-state index contributed by atoms with van der Waals surface area (Å²) in [5, 5.41) is 16.7. The predicted octanol–water partition coefficient (Wildman–Crippen LogP) is 4.79. The summed E-state index contributed by atoms with van der Waals surface area (Å²) in [6.45, 7) is 3.70. The van der Waals surface area contributed by atoms with E-state index in [9.17, 15) is 19.7 Å². The molecule has 0 aromatic heterocycles. The third-order valence-electron chi connectivity index (χ3n) is 5.41. The van der Waals surface area contributed by atoms with Gasteiger partial charge in [0.2, 0.25) is 5.91 Å². The second kappa shape index (κ2) is 10.5. The van der Waals surface area contributed by atoms with Crippen molar-refractivity contribution in [3.63, 3.8) is 0 Å². The number of aryl methyl sites for hydroxylation is 1. The van der Waals surface area contributed by atoms with Gasteiger partial charge in [0, 0.05) is 34.6 Å². The minimum absolute atomic E-state index is 0.0381. The van der Waals surface area contributed by atoms with Crippen LogP contribution in [0, 0.1) is 17.0 Å². The van der Waals surface area contributed by atoms with E-state index in [0.717, 1.165) is 5.56 Å². The lowest BCUT2D eigenvalue weighted by Gasteiger charge is -2.25. The molecule has 2 N–H and O–H groups in total. The fourth-order valence-corrected chi connectivity index (χ4v) is 3.37. The summed E-state index contributed by atoms with van der Waals surface area (Å²) in [6, 6.07) is 20.9. The second-order valence-corrected chi connectivity index (χ2v) is 7.84. The number of nitro groups is 1. The summed E-state index contributed by atoms with van der Waals surface area (Å²) in [5.41, 5.74) is 3.04. The van der Waals surface area contributed by atoms with E-state index in [4.69, 9.17) is 0 Å².